The predicted octanol–water partition coefficient (Wildman–Crippen LogP) is 1.51. The molecule has 0 saturated heterocycles. The molecule has 0 aromatic carbocycles. The van der Waals surface area contributed by atoms with Crippen molar-refractivity contribution < 1.29 is 18.4 Å². The molecule has 0 fully saturated rings. The van der Waals surface area contributed by atoms with E-state index in [9.17, 15) is 4.79 Å². The fourth-order valence-electron chi connectivity index (χ4n) is 0.655. The lowest BCUT2D eigenvalue weighted by Crippen LogP contribution is -2.19. The quantitative estimate of drug-likeness (QED) is 0.422. The third-order valence-electron chi connectivity index (χ3n) is 1.47. The van der Waals surface area contributed by atoms with E-state index in [4.69, 9.17) is 25.4 Å². The molecule has 0 radical (unpaired) electrons. The maximum atomic E-state index is 11.3. The molecule has 0 heterocycles. The average molecular weight is 253 g/mol. The molecule has 0 atom stereocenters. The number of allylic oxidation sites excluding steroid dienone is 1. The topological polar surface area (TPSA) is 48.0 Å². The zero-order valence-electron chi connectivity index (χ0n) is 9.51. The smallest absolute Gasteiger partial charge is 0.379 e. The lowest BCUT2D eigenvalue weighted by Gasteiger charge is -2.18. The van der Waals surface area contributed by atoms with E-state index in [0.29, 0.717) is 5.76 Å². The van der Waals surface area contributed by atoms with Gasteiger partial charge in [-0.2, -0.15) is 0 Å². The highest BCUT2D eigenvalue weighted by Gasteiger charge is 2.18. The first-order chi connectivity index (χ1) is 6.84. The van der Waals surface area contributed by atoms with Gasteiger partial charge in [0.15, 0.2) is 0 Å². The van der Waals surface area contributed by atoms with Gasteiger partial charge in [0.25, 0.3) is 0 Å². The Morgan fingerprint density at radius 1 is 1.33 bits per heavy atom. The van der Waals surface area contributed by atoms with E-state index in [-0.39, 0.29) is 5.91 Å². The molecular formula is C8H16NO4PS. The number of amides is 1. The summed E-state index contributed by atoms with van der Waals surface area (Å²) in [6.45, 7) is -1.10. The van der Waals surface area contributed by atoms with Crippen LogP contribution >= 0.6 is 6.72 Å². The van der Waals surface area contributed by atoms with Gasteiger partial charge in [0, 0.05) is 46.2 Å². The van der Waals surface area contributed by atoms with Crippen LogP contribution in [0.1, 0.15) is 6.92 Å². The van der Waals surface area contributed by atoms with E-state index >= 15 is 0 Å². The molecular weight excluding hydrogens is 237 g/mol. The second kappa shape index (κ2) is 6.23. The van der Waals surface area contributed by atoms with Crippen molar-refractivity contribution in [2.24, 2.45) is 0 Å². The van der Waals surface area contributed by atoms with E-state index in [1.807, 2.05) is 0 Å². The van der Waals surface area contributed by atoms with E-state index in [1.54, 1.807) is 21.0 Å². The SMILES string of the molecule is COP(=S)(OC)OC(C)=CC(=O)N(C)C. The van der Waals surface area contributed by atoms with Gasteiger partial charge in [-0.3, -0.25) is 4.79 Å². The summed E-state index contributed by atoms with van der Waals surface area (Å²) in [6, 6.07) is 0. The summed E-state index contributed by atoms with van der Waals surface area (Å²) >= 11 is 4.98. The van der Waals surface area contributed by atoms with Crippen LogP contribution < -0.4 is 0 Å². The van der Waals surface area contributed by atoms with Crippen molar-refractivity contribution in [1.82, 2.24) is 4.90 Å². The summed E-state index contributed by atoms with van der Waals surface area (Å²) in [5.41, 5.74) is 0. The minimum atomic E-state index is -2.73. The Hall–Kier alpha value is -0.420. The first-order valence-electron chi connectivity index (χ1n) is 4.15. The van der Waals surface area contributed by atoms with Gasteiger partial charge in [-0.25, -0.2) is 0 Å². The lowest BCUT2D eigenvalue weighted by atomic mass is 10.4. The maximum absolute atomic E-state index is 11.3. The first-order valence-corrected chi connectivity index (χ1v) is 6.71. The highest BCUT2D eigenvalue weighted by molar-refractivity contribution is 8.07. The van der Waals surface area contributed by atoms with E-state index in [1.165, 1.54) is 25.2 Å². The molecule has 0 unspecified atom stereocenters. The van der Waals surface area contributed by atoms with Gasteiger partial charge >= 0.3 is 6.72 Å². The zero-order chi connectivity index (χ0) is 12.1. The van der Waals surface area contributed by atoms with Crippen LogP contribution in [0.4, 0.5) is 0 Å². The van der Waals surface area contributed by atoms with Gasteiger partial charge in [0.1, 0.15) is 5.76 Å². The normalized spacial score (nSPS) is 12.5. The molecule has 0 aliphatic carbocycles. The van der Waals surface area contributed by atoms with E-state index in [2.05, 4.69) is 0 Å². The van der Waals surface area contributed by atoms with Crippen LogP contribution in [-0.4, -0.2) is 39.1 Å². The monoisotopic (exact) mass is 253 g/mol. The maximum Gasteiger partial charge on any atom is 0.379 e. The van der Waals surface area contributed by atoms with Crippen LogP contribution in [0, 0.1) is 0 Å². The second-order valence-electron chi connectivity index (χ2n) is 2.89. The largest absolute Gasteiger partial charge is 0.429 e. The van der Waals surface area contributed by atoms with Crippen LogP contribution in [0.15, 0.2) is 11.8 Å². The molecule has 0 aliphatic rings. The third kappa shape index (κ3) is 5.28. The molecule has 0 spiro atoms. The number of carbonyl (C=O) groups excluding carboxylic acids is 1. The zero-order valence-corrected chi connectivity index (χ0v) is 11.2. The Kier molecular flexibility index (Phi) is 6.05. The van der Waals surface area contributed by atoms with Gasteiger partial charge in [-0.1, -0.05) is 0 Å². The number of nitrogens with zero attached hydrogens (tertiary/aromatic N) is 1. The van der Waals surface area contributed by atoms with Gasteiger partial charge in [-0.15, -0.1) is 0 Å². The average Bonchev–Trinajstić information content (AvgIpc) is 2.17. The predicted molar refractivity (Wildman–Crippen MR) is 61.8 cm³/mol. The highest BCUT2D eigenvalue weighted by atomic mass is 32.5. The molecule has 88 valence electrons. The van der Waals surface area contributed by atoms with Gasteiger partial charge in [-0.05, 0) is 6.92 Å². The third-order valence-corrected chi connectivity index (χ3v) is 3.99. The van der Waals surface area contributed by atoms with Crippen molar-refractivity contribution in [3.05, 3.63) is 11.8 Å². The molecule has 7 heteroatoms. The summed E-state index contributed by atoms with van der Waals surface area (Å²) in [6.07, 6.45) is 1.33. The number of carbonyl (C=O) groups is 1. The summed E-state index contributed by atoms with van der Waals surface area (Å²) in [5, 5.41) is 0. The van der Waals surface area contributed by atoms with Crippen LogP contribution in [0.5, 0.6) is 0 Å². The van der Waals surface area contributed by atoms with E-state index < -0.39 is 6.72 Å². The highest BCUT2D eigenvalue weighted by Crippen LogP contribution is 2.49. The van der Waals surface area contributed by atoms with Crippen molar-refractivity contribution in [2.75, 3.05) is 28.3 Å². The molecule has 0 aliphatic heterocycles. The van der Waals surface area contributed by atoms with Crippen molar-refractivity contribution in [1.29, 1.82) is 0 Å². The summed E-state index contributed by atoms with van der Waals surface area (Å²) in [5.74, 6) is 0.196. The Morgan fingerprint density at radius 2 is 1.80 bits per heavy atom. The van der Waals surface area contributed by atoms with Crippen LogP contribution in [0.2, 0.25) is 0 Å². The molecule has 0 aromatic rings. The van der Waals surface area contributed by atoms with Crippen LogP contribution in [0.3, 0.4) is 0 Å². The number of hydrogen-bond acceptors (Lipinski definition) is 5. The van der Waals surface area contributed by atoms with Crippen LogP contribution in [0.25, 0.3) is 0 Å². The molecule has 0 rings (SSSR count). The minimum Gasteiger partial charge on any atom is -0.429 e. The molecule has 0 aromatic heterocycles. The lowest BCUT2D eigenvalue weighted by molar-refractivity contribution is -0.123. The minimum absolute atomic E-state index is 0.179. The fourth-order valence-corrected chi connectivity index (χ4v) is 1.71. The van der Waals surface area contributed by atoms with Gasteiger partial charge in [0.05, 0.1) is 0 Å². The van der Waals surface area contributed by atoms with Crippen molar-refractivity contribution in [3.8, 4) is 0 Å². The van der Waals surface area contributed by atoms with Gasteiger partial charge < -0.3 is 18.5 Å². The molecule has 0 bridgehead atoms. The molecule has 0 saturated carbocycles. The van der Waals surface area contributed by atoms with Crippen molar-refractivity contribution in [2.45, 2.75) is 6.92 Å². The Balaban J connectivity index is 4.55. The second-order valence-corrected chi connectivity index (χ2v) is 6.04. The molecule has 0 N–H and O–H groups in total. The summed E-state index contributed by atoms with van der Waals surface area (Å²) in [4.78, 5) is 12.7. The molecule has 15 heavy (non-hydrogen) atoms. The first kappa shape index (κ1) is 14.6. The van der Waals surface area contributed by atoms with Crippen molar-refractivity contribution in [3.63, 3.8) is 0 Å². The Bertz CT molecular complexity index is 295. The van der Waals surface area contributed by atoms with Crippen LogP contribution in [-0.2, 0) is 30.2 Å². The summed E-state index contributed by atoms with van der Waals surface area (Å²) in [7, 11) is 6.11. The number of likely N-dealkylation sites (N-methyl/N-ethyl adjacent to an activating group) is 1. The van der Waals surface area contributed by atoms with Crippen molar-refractivity contribution >= 4 is 24.4 Å². The number of hydrogen-bond donors (Lipinski definition) is 0. The standard InChI is InChI=1S/C8H16NO4PS/c1-7(6-8(10)9(2)3)13-14(15,11-4)12-5/h6H,1-5H3. The summed E-state index contributed by atoms with van der Waals surface area (Å²) < 4.78 is 15.1. The fraction of sp³-hybridized carbons (Fsp3) is 0.625. The molecule has 1 amide bonds. The van der Waals surface area contributed by atoms with E-state index in [0.717, 1.165) is 0 Å². The Labute approximate surface area is 95.2 Å². The van der Waals surface area contributed by atoms with Gasteiger partial charge in [0.2, 0.25) is 5.91 Å². The number of rotatable bonds is 5. The molecule has 5 nitrogen and oxygen atoms in total. The Morgan fingerprint density at radius 3 is 2.13 bits per heavy atom.